The molecule has 0 atom stereocenters. The van der Waals surface area contributed by atoms with E-state index >= 15 is 0 Å². The molecule has 2 aromatic rings. The number of rotatable bonds is 9. The number of morpholine rings is 1. The number of benzene rings is 2. The minimum atomic E-state index is -0.273. The second kappa shape index (κ2) is 10.6. The first-order chi connectivity index (χ1) is 13.7. The summed E-state index contributed by atoms with van der Waals surface area (Å²) in [6.45, 7) is 6.46. The fraction of sp³-hybridized carbons (Fsp3) is 0.429. The predicted octanol–water partition coefficient (Wildman–Crippen LogP) is 3.49. The number of ether oxygens (including phenoxy) is 3. The van der Waals surface area contributed by atoms with Crippen molar-refractivity contribution in [3.05, 3.63) is 58.4 Å². The Morgan fingerprint density at radius 3 is 2.61 bits per heavy atom. The third-order valence-corrected chi connectivity index (χ3v) is 4.90. The van der Waals surface area contributed by atoms with Gasteiger partial charge in [-0.1, -0.05) is 23.7 Å². The number of hydrogen-bond donors (Lipinski definition) is 1. The molecule has 3 rings (SSSR count). The molecule has 1 N–H and O–H groups in total. The zero-order chi connectivity index (χ0) is 19.8. The molecule has 1 fully saturated rings. The van der Waals surface area contributed by atoms with E-state index in [1.54, 1.807) is 19.2 Å². The summed E-state index contributed by atoms with van der Waals surface area (Å²) >= 11 is 6.42. The highest BCUT2D eigenvalue weighted by atomic mass is 35.5. The van der Waals surface area contributed by atoms with Crippen molar-refractivity contribution in [2.45, 2.75) is 13.2 Å². The highest BCUT2D eigenvalue weighted by molar-refractivity contribution is 6.32. The molecule has 0 unspecified atom stereocenters. The highest BCUT2D eigenvalue weighted by Crippen LogP contribution is 2.37. The topological polar surface area (TPSA) is 43.0 Å². The van der Waals surface area contributed by atoms with E-state index < -0.39 is 0 Å². The van der Waals surface area contributed by atoms with Crippen LogP contribution in [0.25, 0.3) is 0 Å². The molecule has 7 heteroatoms. The number of nitrogens with one attached hydrogen (secondary N) is 1. The Kier molecular flexibility index (Phi) is 7.91. The van der Waals surface area contributed by atoms with Crippen LogP contribution in [0.15, 0.2) is 36.4 Å². The molecular formula is C21H26ClFN2O3. The summed E-state index contributed by atoms with van der Waals surface area (Å²) < 4.78 is 29.7. The van der Waals surface area contributed by atoms with Crippen molar-refractivity contribution < 1.29 is 18.6 Å². The Morgan fingerprint density at radius 2 is 1.89 bits per heavy atom. The molecular weight excluding hydrogens is 383 g/mol. The van der Waals surface area contributed by atoms with Gasteiger partial charge in [-0.2, -0.15) is 0 Å². The SMILES string of the molecule is COc1cc(CNCCN2CCOCC2)cc(Cl)c1OCc1ccc(F)cc1. The van der Waals surface area contributed by atoms with Crippen LogP contribution in [-0.4, -0.2) is 51.4 Å². The van der Waals surface area contributed by atoms with Gasteiger partial charge in [0.2, 0.25) is 0 Å². The highest BCUT2D eigenvalue weighted by Gasteiger charge is 2.13. The van der Waals surface area contributed by atoms with Crippen molar-refractivity contribution >= 4 is 11.6 Å². The van der Waals surface area contributed by atoms with E-state index in [2.05, 4.69) is 10.2 Å². The third-order valence-electron chi connectivity index (χ3n) is 4.62. The van der Waals surface area contributed by atoms with Crippen LogP contribution in [0.1, 0.15) is 11.1 Å². The first-order valence-corrected chi connectivity index (χ1v) is 9.78. The molecule has 0 radical (unpaired) electrons. The Morgan fingerprint density at radius 1 is 1.14 bits per heavy atom. The molecule has 0 aromatic heterocycles. The van der Waals surface area contributed by atoms with Crippen LogP contribution >= 0.6 is 11.6 Å². The van der Waals surface area contributed by atoms with Crippen LogP contribution < -0.4 is 14.8 Å². The molecule has 0 spiro atoms. The molecule has 0 aliphatic carbocycles. The van der Waals surface area contributed by atoms with Gasteiger partial charge < -0.3 is 19.5 Å². The Labute approximate surface area is 170 Å². The Hall–Kier alpha value is -1.86. The molecule has 1 aliphatic rings. The molecule has 2 aromatic carbocycles. The Balaban J connectivity index is 1.53. The quantitative estimate of drug-likeness (QED) is 0.643. The molecule has 1 aliphatic heterocycles. The van der Waals surface area contributed by atoms with Gasteiger partial charge in [0.05, 0.1) is 25.3 Å². The van der Waals surface area contributed by atoms with Gasteiger partial charge in [-0.05, 0) is 35.4 Å². The first-order valence-electron chi connectivity index (χ1n) is 9.40. The molecule has 5 nitrogen and oxygen atoms in total. The van der Waals surface area contributed by atoms with E-state index in [4.69, 9.17) is 25.8 Å². The lowest BCUT2D eigenvalue weighted by Gasteiger charge is -2.26. The zero-order valence-corrected chi connectivity index (χ0v) is 16.8. The summed E-state index contributed by atoms with van der Waals surface area (Å²) in [5.41, 5.74) is 1.88. The molecule has 0 saturated carbocycles. The van der Waals surface area contributed by atoms with Crippen LogP contribution in [0, 0.1) is 5.82 Å². The molecule has 0 amide bonds. The number of halogens is 2. The summed E-state index contributed by atoms with van der Waals surface area (Å²) in [6.07, 6.45) is 0. The van der Waals surface area contributed by atoms with Gasteiger partial charge in [0.15, 0.2) is 11.5 Å². The van der Waals surface area contributed by atoms with Crippen LogP contribution in [0.5, 0.6) is 11.5 Å². The largest absolute Gasteiger partial charge is 0.493 e. The fourth-order valence-corrected chi connectivity index (χ4v) is 3.33. The molecule has 28 heavy (non-hydrogen) atoms. The van der Waals surface area contributed by atoms with Crippen LogP contribution in [0.2, 0.25) is 5.02 Å². The van der Waals surface area contributed by atoms with E-state index in [9.17, 15) is 4.39 Å². The third kappa shape index (κ3) is 6.07. The number of nitrogens with zero attached hydrogens (tertiary/aromatic N) is 1. The lowest BCUT2D eigenvalue weighted by atomic mass is 10.2. The first kappa shape index (κ1) is 20.9. The number of methoxy groups -OCH3 is 1. The second-order valence-corrected chi connectivity index (χ2v) is 7.06. The smallest absolute Gasteiger partial charge is 0.180 e. The monoisotopic (exact) mass is 408 g/mol. The van der Waals surface area contributed by atoms with E-state index in [-0.39, 0.29) is 12.4 Å². The van der Waals surface area contributed by atoms with Gasteiger partial charge in [-0.15, -0.1) is 0 Å². The normalized spacial score (nSPS) is 14.8. The Bertz CT molecular complexity index is 752. The maximum Gasteiger partial charge on any atom is 0.180 e. The lowest BCUT2D eigenvalue weighted by molar-refractivity contribution is 0.0384. The minimum Gasteiger partial charge on any atom is -0.493 e. The molecule has 0 bridgehead atoms. The zero-order valence-electron chi connectivity index (χ0n) is 16.0. The van der Waals surface area contributed by atoms with Gasteiger partial charge in [-0.3, -0.25) is 4.90 Å². The standard InChI is InChI=1S/C21H26ClFN2O3/c1-26-20-13-17(14-24-6-7-25-8-10-27-11-9-25)12-19(22)21(20)28-15-16-2-4-18(23)5-3-16/h2-5,12-13,24H,6-11,14-15H2,1H3. The summed E-state index contributed by atoms with van der Waals surface area (Å²) in [4.78, 5) is 2.39. The van der Waals surface area contributed by atoms with Crippen molar-refractivity contribution in [1.29, 1.82) is 0 Å². The van der Waals surface area contributed by atoms with Crippen molar-refractivity contribution in [3.8, 4) is 11.5 Å². The second-order valence-electron chi connectivity index (χ2n) is 6.65. The average molecular weight is 409 g/mol. The maximum atomic E-state index is 13.0. The van der Waals surface area contributed by atoms with Gasteiger partial charge in [0.1, 0.15) is 12.4 Å². The van der Waals surface area contributed by atoms with E-state index in [0.717, 1.165) is 50.5 Å². The summed E-state index contributed by atoms with van der Waals surface area (Å²) in [6, 6.07) is 9.98. The van der Waals surface area contributed by atoms with Gasteiger partial charge in [0, 0.05) is 32.7 Å². The average Bonchev–Trinajstić information content (AvgIpc) is 2.72. The van der Waals surface area contributed by atoms with Gasteiger partial charge in [0.25, 0.3) is 0 Å². The van der Waals surface area contributed by atoms with E-state index in [1.807, 2.05) is 12.1 Å². The van der Waals surface area contributed by atoms with Crippen molar-refractivity contribution in [2.75, 3.05) is 46.5 Å². The van der Waals surface area contributed by atoms with Gasteiger partial charge in [-0.25, -0.2) is 4.39 Å². The van der Waals surface area contributed by atoms with Crippen molar-refractivity contribution in [3.63, 3.8) is 0 Å². The molecule has 1 heterocycles. The van der Waals surface area contributed by atoms with Crippen LogP contribution in [-0.2, 0) is 17.9 Å². The van der Waals surface area contributed by atoms with E-state index in [1.165, 1.54) is 12.1 Å². The lowest BCUT2D eigenvalue weighted by Crippen LogP contribution is -2.40. The summed E-state index contributed by atoms with van der Waals surface area (Å²) in [5.74, 6) is 0.801. The minimum absolute atomic E-state index is 0.273. The summed E-state index contributed by atoms with van der Waals surface area (Å²) in [7, 11) is 1.59. The van der Waals surface area contributed by atoms with Crippen LogP contribution in [0.3, 0.4) is 0 Å². The maximum absolute atomic E-state index is 13.0. The van der Waals surface area contributed by atoms with Crippen LogP contribution in [0.4, 0.5) is 4.39 Å². The van der Waals surface area contributed by atoms with Crippen molar-refractivity contribution in [2.24, 2.45) is 0 Å². The number of hydrogen-bond acceptors (Lipinski definition) is 5. The molecule has 152 valence electrons. The predicted molar refractivity (Wildman–Crippen MR) is 108 cm³/mol. The van der Waals surface area contributed by atoms with E-state index in [0.29, 0.717) is 23.1 Å². The molecule has 1 saturated heterocycles. The van der Waals surface area contributed by atoms with Gasteiger partial charge >= 0.3 is 0 Å². The summed E-state index contributed by atoms with van der Waals surface area (Å²) in [5, 5.41) is 3.93. The van der Waals surface area contributed by atoms with Crippen molar-refractivity contribution in [1.82, 2.24) is 10.2 Å². The fourth-order valence-electron chi connectivity index (χ4n) is 3.05.